The van der Waals surface area contributed by atoms with Gasteiger partial charge in [0, 0.05) is 12.2 Å². The van der Waals surface area contributed by atoms with Crippen LogP contribution in [0.4, 0.5) is 11.4 Å². The lowest BCUT2D eigenvalue weighted by Crippen LogP contribution is -2.26. The van der Waals surface area contributed by atoms with Crippen molar-refractivity contribution in [1.82, 2.24) is 4.98 Å². The largest absolute Gasteiger partial charge is 0.396 e. The number of pyridine rings is 1. The molecule has 0 saturated carbocycles. The van der Waals surface area contributed by atoms with Gasteiger partial charge in [0.15, 0.2) is 0 Å². The number of aliphatic hydroxyl groups is 1. The smallest absolute Gasteiger partial charge is 0.0736 e. The molecule has 0 bridgehead atoms. The van der Waals surface area contributed by atoms with E-state index >= 15 is 0 Å². The summed E-state index contributed by atoms with van der Waals surface area (Å²) in [5, 5.41) is 12.4. The number of aromatic nitrogens is 1. The third-order valence-corrected chi connectivity index (χ3v) is 2.19. The molecule has 4 heteroatoms. The highest BCUT2D eigenvalue weighted by molar-refractivity contribution is 5.64. The summed E-state index contributed by atoms with van der Waals surface area (Å²) in [6.45, 7) is 4.36. The molecule has 1 aromatic rings. The number of nitrogens with two attached hydrogens (primary N) is 1. The predicted octanol–water partition coefficient (Wildman–Crippen LogP) is 1.48. The van der Waals surface area contributed by atoms with Crippen LogP contribution in [0.15, 0.2) is 18.5 Å². The van der Waals surface area contributed by atoms with Gasteiger partial charge in [0.25, 0.3) is 0 Å². The van der Waals surface area contributed by atoms with Crippen molar-refractivity contribution in [3.8, 4) is 0 Å². The summed E-state index contributed by atoms with van der Waals surface area (Å²) in [5.41, 5.74) is 7.20. The van der Waals surface area contributed by atoms with Gasteiger partial charge in [0.2, 0.25) is 0 Å². The topological polar surface area (TPSA) is 71.2 Å². The summed E-state index contributed by atoms with van der Waals surface area (Å²) in [7, 11) is 0. The minimum Gasteiger partial charge on any atom is -0.396 e. The van der Waals surface area contributed by atoms with Gasteiger partial charge < -0.3 is 16.2 Å². The Labute approximate surface area is 90.5 Å². The van der Waals surface area contributed by atoms with Gasteiger partial charge in [0.1, 0.15) is 0 Å². The van der Waals surface area contributed by atoms with Gasteiger partial charge in [0.05, 0.1) is 24.2 Å². The standard InChI is InChI=1S/C11H19N3O/c1-8(2)5-9(7-15)14-11-3-4-13-6-10(11)12/h3-4,6,8-9,15H,5,7,12H2,1-2H3,(H,13,14). The Hall–Kier alpha value is -1.29. The summed E-state index contributed by atoms with van der Waals surface area (Å²) < 4.78 is 0. The molecule has 0 fully saturated rings. The van der Waals surface area contributed by atoms with E-state index in [9.17, 15) is 5.11 Å². The van der Waals surface area contributed by atoms with Crippen molar-refractivity contribution >= 4 is 11.4 Å². The molecular formula is C11H19N3O. The van der Waals surface area contributed by atoms with E-state index in [-0.39, 0.29) is 12.6 Å². The lowest BCUT2D eigenvalue weighted by molar-refractivity contribution is 0.259. The minimum absolute atomic E-state index is 0.0506. The molecule has 0 aliphatic carbocycles. The van der Waals surface area contributed by atoms with E-state index in [4.69, 9.17) is 5.73 Å². The maximum absolute atomic E-state index is 9.21. The molecule has 15 heavy (non-hydrogen) atoms. The van der Waals surface area contributed by atoms with Gasteiger partial charge in [-0.25, -0.2) is 0 Å². The minimum atomic E-state index is 0.0506. The number of hydrogen-bond acceptors (Lipinski definition) is 4. The maximum atomic E-state index is 9.21. The molecule has 84 valence electrons. The van der Waals surface area contributed by atoms with Crippen molar-refractivity contribution in [2.24, 2.45) is 5.92 Å². The molecule has 4 nitrogen and oxygen atoms in total. The number of nitrogens with one attached hydrogen (secondary N) is 1. The third kappa shape index (κ3) is 3.75. The molecule has 0 saturated heterocycles. The van der Waals surface area contributed by atoms with Crippen molar-refractivity contribution in [2.75, 3.05) is 17.7 Å². The second kappa shape index (κ2) is 5.56. The quantitative estimate of drug-likeness (QED) is 0.687. The molecule has 4 N–H and O–H groups in total. The van der Waals surface area contributed by atoms with Gasteiger partial charge in [-0.2, -0.15) is 0 Å². The zero-order valence-corrected chi connectivity index (χ0v) is 9.27. The van der Waals surface area contributed by atoms with Crippen LogP contribution < -0.4 is 11.1 Å². The van der Waals surface area contributed by atoms with Gasteiger partial charge in [-0.15, -0.1) is 0 Å². The molecule has 1 heterocycles. The maximum Gasteiger partial charge on any atom is 0.0736 e. The van der Waals surface area contributed by atoms with E-state index in [0.29, 0.717) is 11.6 Å². The van der Waals surface area contributed by atoms with Crippen LogP contribution in [0.5, 0.6) is 0 Å². The molecule has 1 aromatic heterocycles. The fraction of sp³-hybridized carbons (Fsp3) is 0.545. The van der Waals surface area contributed by atoms with Crippen LogP contribution in [0.3, 0.4) is 0 Å². The Kier molecular flexibility index (Phi) is 4.37. The van der Waals surface area contributed by atoms with Crippen LogP contribution in [0.25, 0.3) is 0 Å². The Morgan fingerprint density at radius 1 is 1.53 bits per heavy atom. The van der Waals surface area contributed by atoms with E-state index in [1.165, 1.54) is 0 Å². The van der Waals surface area contributed by atoms with Crippen molar-refractivity contribution in [2.45, 2.75) is 26.3 Å². The van der Waals surface area contributed by atoms with Gasteiger partial charge in [-0.05, 0) is 18.4 Å². The average Bonchev–Trinajstić information content (AvgIpc) is 2.19. The highest BCUT2D eigenvalue weighted by Gasteiger charge is 2.10. The number of rotatable bonds is 5. The van der Waals surface area contributed by atoms with Crippen LogP contribution in [0.1, 0.15) is 20.3 Å². The van der Waals surface area contributed by atoms with Crippen LogP contribution in [0.2, 0.25) is 0 Å². The normalized spacial score (nSPS) is 12.8. The zero-order valence-electron chi connectivity index (χ0n) is 9.27. The second-order valence-corrected chi connectivity index (χ2v) is 4.12. The average molecular weight is 209 g/mol. The SMILES string of the molecule is CC(C)CC(CO)Nc1ccncc1N. The molecule has 0 aromatic carbocycles. The lowest BCUT2D eigenvalue weighted by atomic mass is 10.0. The summed E-state index contributed by atoms with van der Waals surface area (Å²) in [5.74, 6) is 0.540. The molecular weight excluding hydrogens is 190 g/mol. The zero-order chi connectivity index (χ0) is 11.3. The van der Waals surface area contributed by atoms with Gasteiger partial charge in [-0.3, -0.25) is 4.98 Å². The molecule has 1 unspecified atom stereocenters. The molecule has 1 rings (SSSR count). The lowest BCUT2D eigenvalue weighted by Gasteiger charge is -2.20. The molecule has 0 spiro atoms. The van der Waals surface area contributed by atoms with E-state index in [0.717, 1.165) is 12.1 Å². The Morgan fingerprint density at radius 2 is 2.27 bits per heavy atom. The Balaban J connectivity index is 2.62. The van der Waals surface area contributed by atoms with Crippen molar-refractivity contribution < 1.29 is 5.11 Å². The first-order valence-corrected chi connectivity index (χ1v) is 5.20. The van der Waals surface area contributed by atoms with Gasteiger partial charge in [-0.1, -0.05) is 13.8 Å². The summed E-state index contributed by atoms with van der Waals surface area (Å²) >= 11 is 0. The van der Waals surface area contributed by atoms with Crippen LogP contribution >= 0.6 is 0 Å². The summed E-state index contributed by atoms with van der Waals surface area (Å²) in [6.07, 6.45) is 4.20. The molecule has 0 radical (unpaired) electrons. The van der Waals surface area contributed by atoms with Gasteiger partial charge >= 0.3 is 0 Å². The fourth-order valence-electron chi connectivity index (χ4n) is 1.51. The first kappa shape index (κ1) is 11.8. The number of anilines is 2. The number of nitrogen functional groups attached to an aromatic ring is 1. The van der Waals surface area contributed by atoms with Crippen LogP contribution in [-0.2, 0) is 0 Å². The first-order valence-electron chi connectivity index (χ1n) is 5.20. The second-order valence-electron chi connectivity index (χ2n) is 4.12. The monoisotopic (exact) mass is 209 g/mol. The predicted molar refractivity (Wildman–Crippen MR) is 62.6 cm³/mol. The van der Waals surface area contributed by atoms with E-state index in [1.54, 1.807) is 12.4 Å². The fourth-order valence-corrected chi connectivity index (χ4v) is 1.51. The van der Waals surface area contributed by atoms with E-state index in [1.807, 2.05) is 6.07 Å². The van der Waals surface area contributed by atoms with Crippen LogP contribution in [0, 0.1) is 5.92 Å². The first-order chi connectivity index (χ1) is 7.13. The van der Waals surface area contributed by atoms with Crippen molar-refractivity contribution in [3.63, 3.8) is 0 Å². The summed E-state index contributed by atoms with van der Waals surface area (Å²) in [6, 6.07) is 1.87. The Bertz CT molecular complexity index is 302. The number of hydrogen-bond donors (Lipinski definition) is 3. The Morgan fingerprint density at radius 3 is 2.80 bits per heavy atom. The molecule has 1 atom stereocenters. The number of nitrogens with zero attached hydrogens (tertiary/aromatic N) is 1. The highest BCUT2D eigenvalue weighted by atomic mass is 16.3. The summed E-state index contributed by atoms with van der Waals surface area (Å²) in [4.78, 5) is 3.91. The van der Waals surface area contributed by atoms with E-state index < -0.39 is 0 Å². The third-order valence-electron chi connectivity index (χ3n) is 2.19. The molecule has 0 aliphatic heterocycles. The van der Waals surface area contributed by atoms with Crippen molar-refractivity contribution in [1.29, 1.82) is 0 Å². The highest BCUT2D eigenvalue weighted by Crippen LogP contribution is 2.18. The molecule has 0 amide bonds. The van der Waals surface area contributed by atoms with E-state index in [2.05, 4.69) is 24.1 Å². The number of aliphatic hydroxyl groups excluding tert-OH is 1. The van der Waals surface area contributed by atoms with Crippen molar-refractivity contribution in [3.05, 3.63) is 18.5 Å². The molecule has 0 aliphatic rings. The van der Waals surface area contributed by atoms with Crippen LogP contribution in [-0.4, -0.2) is 22.7 Å².